The Kier molecular flexibility index (Phi) is 4.58. The molecule has 0 fully saturated rings. The van der Waals surface area contributed by atoms with Gasteiger partial charge in [0.1, 0.15) is 5.60 Å². The van der Waals surface area contributed by atoms with Crippen molar-refractivity contribution in [2.24, 2.45) is 0 Å². The van der Waals surface area contributed by atoms with E-state index in [0.717, 1.165) is 11.1 Å². The SMILES string of the molecule is Cc1ccc(C(O)(CCCO)c2ccc(C)cc2)cc1. The molecule has 0 atom stereocenters. The first kappa shape index (κ1) is 14.8. The second kappa shape index (κ2) is 6.21. The van der Waals surface area contributed by atoms with Gasteiger partial charge in [-0.15, -0.1) is 0 Å². The Labute approximate surface area is 120 Å². The molecule has 2 rings (SSSR count). The third-order valence-electron chi connectivity index (χ3n) is 3.75. The van der Waals surface area contributed by atoms with E-state index in [1.54, 1.807) is 0 Å². The van der Waals surface area contributed by atoms with Gasteiger partial charge in [-0.05, 0) is 37.8 Å². The zero-order chi connectivity index (χ0) is 14.6. The van der Waals surface area contributed by atoms with E-state index in [4.69, 9.17) is 5.11 Å². The van der Waals surface area contributed by atoms with Gasteiger partial charge in [-0.3, -0.25) is 0 Å². The van der Waals surface area contributed by atoms with Gasteiger partial charge in [0, 0.05) is 6.61 Å². The largest absolute Gasteiger partial charge is 0.396 e. The van der Waals surface area contributed by atoms with Crippen molar-refractivity contribution in [1.29, 1.82) is 0 Å². The molecule has 0 aromatic heterocycles. The molecule has 0 spiro atoms. The van der Waals surface area contributed by atoms with Crippen molar-refractivity contribution >= 4 is 0 Å². The Hall–Kier alpha value is -1.64. The molecule has 2 aromatic carbocycles. The van der Waals surface area contributed by atoms with Crippen LogP contribution in [0.15, 0.2) is 48.5 Å². The zero-order valence-electron chi connectivity index (χ0n) is 12.1. The van der Waals surface area contributed by atoms with Crippen molar-refractivity contribution in [3.05, 3.63) is 70.8 Å². The van der Waals surface area contributed by atoms with Gasteiger partial charge in [-0.2, -0.15) is 0 Å². The standard InChI is InChI=1S/C18H22O2/c1-14-4-8-16(9-5-14)18(20,12-3-13-19)17-10-6-15(2)7-11-17/h4-11,19-20H,3,12-13H2,1-2H3. The molecule has 0 heterocycles. The van der Waals surface area contributed by atoms with Gasteiger partial charge in [-0.1, -0.05) is 59.7 Å². The van der Waals surface area contributed by atoms with Crippen molar-refractivity contribution in [3.63, 3.8) is 0 Å². The maximum Gasteiger partial charge on any atom is 0.115 e. The third-order valence-corrected chi connectivity index (χ3v) is 3.75. The molecule has 20 heavy (non-hydrogen) atoms. The van der Waals surface area contributed by atoms with E-state index >= 15 is 0 Å². The van der Waals surface area contributed by atoms with Crippen LogP contribution in [-0.2, 0) is 5.60 Å². The fourth-order valence-electron chi connectivity index (χ4n) is 2.45. The van der Waals surface area contributed by atoms with Crippen LogP contribution in [0.3, 0.4) is 0 Å². The van der Waals surface area contributed by atoms with Crippen LogP contribution in [0.2, 0.25) is 0 Å². The molecule has 0 saturated carbocycles. The molecule has 2 N–H and O–H groups in total. The van der Waals surface area contributed by atoms with E-state index < -0.39 is 5.60 Å². The fraction of sp³-hybridized carbons (Fsp3) is 0.333. The Morgan fingerprint density at radius 2 is 1.20 bits per heavy atom. The lowest BCUT2D eigenvalue weighted by Crippen LogP contribution is -2.27. The van der Waals surface area contributed by atoms with E-state index in [9.17, 15) is 5.11 Å². The Bertz CT molecular complexity index is 495. The highest BCUT2D eigenvalue weighted by Crippen LogP contribution is 2.34. The number of benzene rings is 2. The Morgan fingerprint density at radius 1 is 0.800 bits per heavy atom. The summed E-state index contributed by atoms with van der Waals surface area (Å²) < 4.78 is 0. The van der Waals surface area contributed by atoms with Gasteiger partial charge in [0.15, 0.2) is 0 Å². The predicted octanol–water partition coefficient (Wildman–Crippen LogP) is 3.31. The lowest BCUT2D eigenvalue weighted by atomic mass is 9.82. The molecule has 2 aromatic rings. The smallest absolute Gasteiger partial charge is 0.115 e. The minimum absolute atomic E-state index is 0.0834. The van der Waals surface area contributed by atoms with Crippen LogP contribution in [0.4, 0.5) is 0 Å². The maximum atomic E-state index is 11.2. The number of aliphatic hydroxyl groups is 2. The minimum Gasteiger partial charge on any atom is -0.396 e. The summed E-state index contributed by atoms with van der Waals surface area (Å²) in [5, 5.41) is 20.3. The highest BCUT2D eigenvalue weighted by Gasteiger charge is 2.30. The normalized spacial score (nSPS) is 11.6. The quantitative estimate of drug-likeness (QED) is 0.875. The molecule has 0 amide bonds. The molecular formula is C18H22O2. The molecule has 0 radical (unpaired) electrons. The average Bonchev–Trinajstić information content (AvgIpc) is 2.46. The Morgan fingerprint density at radius 3 is 1.55 bits per heavy atom. The molecule has 0 unspecified atom stereocenters. The van der Waals surface area contributed by atoms with Crippen molar-refractivity contribution in [2.45, 2.75) is 32.3 Å². The van der Waals surface area contributed by atoms with Gasteiger partial charge in [0.2, 0.25) is 0 Å². The zero-order valence-corrected chi connectivity index (χ0v) is 12.1. The van der Waals surface area contributed by atoms with E-state index in [2.05, 4.69) is 0 Å². The van der Waals surface area contributed by atoms with Gasteiger partial charge >= 0.3 is 0 Å². The summed E-state index contributed by atoms with van der Waals surface area (Å²) in [5.74, 6) is 0. The molecule has 0 saturated heterocycles. The second-order valence-electron chi connectivity index (χ2n) is 5.42. The summed E-state index contributed by atoms with van der Waals surface area (Å²) in [6, 6.07) is 15.9. The lowest BCUT2D eigenvalue weighted by Gasteiger charge is -2.29. The van der Waals surface area contributed by atoms with Crippen LogP contribution < -0.4 is 0 Å². The molecule has 0 aliphatic carbocycles. The van der Waals surface area contributed by atoms with E-state index in [1.807, 2.05) is 62.4 Å². The van der Waals surface area contributed by atoms with Gasteiger partial charge < -0.3 is 10.2 Å². The number of rotatable bonds is 5. The molecule has 106 valence electrons. The monoisotopic (exact) mass is 270 g/mol. The van der Waals surface area contributed by atoms with Crippen LogP contribution in [0, 0.1) is 13.8 Å². The van der Waals surface area contributed by atoms with Crippen LogP contribution in [0.1, 0.15) is 35.1 Å². The molecular weight excluding hydrogens is 248 g/mol. The van der Waals surface area contributed by atoms with Gasteiger partial charge in [0.25, 0.3) is 0 Å². The summed E-state index contributed by atoms with van der Waals surface area (Å²) in [6.45, 7) is 4.14. The predicted molar refractivity (Wildman–Crippen MR) is 81.7 cm³/mol. The number of aryl methyl sites for hydroxylation is 2. The number of aliphatic hydroxyl groups excluding tert-OH is 1. The van der Waals surface area contributed by atoms with Crippen LogP contribution in [-0.4, -0.2) is 16.8 Å². The van der Waals surface area contributed by atoms with Crippen molar-refractivity contribution < 1.29 is 10.2 Å². The highest BCUT2D eigenvalue weighted by molar-refractivity contribution is 5.38. The van der Waals surface area contributed by atoms with Crippen molar-refractivity contribution in [1.82, 2.24) is 0 Å². The second-order valence-corrected chi connectivity index (χ2v) is 5.42. The van der Waals surface area contributed by atoms with Crippen LogP contribution in [0.25, 0.3) is 0 Å². The summed E-state index contributed by atoms with van der Waals surface area (Å²) in [5.41, 5.74) is 3.05. The topological polar surface area (TPSA) is 40.5 Å². The molecule has 2 heteroatoms. The van der Waals surface area contributed by atoms with E-state index in [0.29, 0.717) is 12.8 Å². The van der Waals surface area contributed by atoms with Gasteiger partial charge in [0.05, 0.1) is 0 Å². The molecule has 0 bridgehead atoms. The maximum absolute atomic E-state index is 11.2. The van der Waals surface area contributed by atoms with Crippen molar-refractivity contribution in [3.8, 4) is 0 Å². The summed E-state index contributed by atoms with van der Waals surface area (Å²) >= 11 is 0. The number of hydrogen-bond acceptors (Lipinski definition) is 2. The summed E-state index contributed by atoms with van der Waals surface area (Å²) in [6.07, 6.45) is 1.08. The van der Waals surface area contributed by atoms with Gasteiger partial charge in [-0.25, -0.2) is 0 Å². The first-order valence-corrected chi connectivity index (χ1v) is 7.04. The summed E-state index contributed by atoms with van der Waals surface area (Å²) in [4.78, 5) is 0. The Balaban J connectivity index is 2.43. The van der Waals surface area contributed by atoms with Crippen molar-refractivity contribution in [2.75, 3.05) is 6.61 Å². The average molecular weight is 270 g/mol. The highest BCUT2D eigenvalue weighted by atomic mass is 16.3. The minimum atomic E-state index is -1.04. The van der Waals surface area contributed by atoms with Crippen LogP contribution in [0.5, 0.6) is 0 Å². The first-order valence-electron chi connectivity index (χ1n) is 7.04. The molecule has 0 aliphatic heterocycles. The van der Waals surface area contributed by atoms with E-state index in [1.165, 1.54) is 11.1 Å². The van der Waals surface area contributed by atoms with Crippen LogP contribution >= 0.6 is 0 Å². The third kappa shape index (κ3) is 3.09. The molecule has 0 aliphatic rings. The number of hydrogen-bond donors (Lipinski definition) is 2. The molecule has 2 nitrogen and oxygen atoms in total. The summed E-state index contributed by atoms with van der Waals surface area (Å²) in [7, 11) is 0. The fourth-order valence-corrected chi connectivity index (χ4v) is 2.45. The van der Waals surface area contributed by atoms with E-state index in [-0.39, 0.29) is 6.61 Å². The lowest BCUT2D eigenvalue weighted by molar-refractivity contribution is 0.0625. The first-order chi connectivity index (χ1) is 9.56.